The maximum atomic E-state index is 15.5. The van der Waals surface area contributed by atoms with Gasteiger partial charge in [0, 0.05) is 34.4 Å². The molecular formula is C30H26F4IN3O4. The summed E-state index contributed by atoms with van der Waals surface area (Å²) in [6.07, 6.45) is 0.901. The summed E-state index contributed by atoms with van der Waals surface area (Å²) < 4.78 is 76.8. The number of hydrogen-bond acceptors (Lipinski definition) is 7. The van der Waals surface area contributed by atoms with Gasteiger partial charge in [0.25, 0.3) is 0 Å². The summed E-state index contributed by atoms with van der Waals surface area (Å²) in [5, 5.41) is 5.37. The van der Waals surface area contributed by atoms with Gasteiger partial charge in [-0.3, -0.25) is 0 Å². The van der Waals surface area contributed by atoms with Crippen molar-refractivity contribution in [3.63, 3.8) is 0 Å². The van der Waals surface area contributed by atoms with Crippen molar-refractivity contribution < 1.29 is 36.6 Å². The highest BCUT2D eigenvalue weighted by atomic mass is 127. The molecule has 7 nitrogen and oxygen atoms in total. The van der Waals surface area contributed by atoms with Crippen LogP contribution in [0.2, 0.25) is 0 Å². The molecule has 0 bridgehead atoms. The lowest BCUT2D eigenvalue weighted by Gasteiger charge is -2.17. The van der Waals surface area contributed by atoms with Crippen LogP contribution < -0.4 is 20.1 Å². The molecule has 3 aromatic carbocycles. The fourth-order valence-corrected chi connectivity index (χ4v) is 4.64. The Morgan fingerprint density at radius 2 is 1.67 bits per heavy atom. The first-order chi connectivity index (χ1) is 20.1. The van der Waals surface area contributed by atoms with Crippen LogP contribution in [-0.2, 0) is 17.7 Å². The van der Waals surface area contributed by atoms with E-state index in [2.05, 4.69) is 15.6 Å². The summed E-state index contributed by atoms with van der Waals surface area (Å²) in [6.45, 7) is 1.86. The number of hydrogen-bond donors (Lipinski definition) is 2. The second-order valence-electron chi connectivity index (χ2n) is 9.12. The monoisotopic (exact) mass is 695 g/mol. The van der Waals surface area contributed by atoms with Gasteiger partial charge in [-0.25, -0.2) is 27.3 Å². The van der Waals surface area contributed by atoms with E-state index < -0.39 is 41.3 Å². The highest BCUT2D eigenvalue weighted by Crippen LogP contribution is 2.33. The van der Waals surface area contributed by atoms with Crippen molar-refractivity contribution in [1.29, 1.82) is 0 Å². The van der Waals surface area contributed by atoms with Gasteiger partial charge in [0.15, 0.2) is 23.3 Å². The van der Waals surface area contributed by atoms with E-state index in [4.69, 9.17) is 14.2 Å². The minimum atomic E-state index is -1.44. The Morgan fingerprint density at radius 1 is 0.905 bits per heavy atom. The van der Waals surface area contributed by atoms with Crippen molar-refractivity contribution in [2.45, 2.75) is 19.9 Å². The van der Waals surface area contributed by atoms with Gasteiger partial charge in [0.2, 0.25) is 0 Å². The van der Waals surface area contributed by atoms with Crippen LogP contribution in [0.15, 0.2) is 48.7 Å². The maximum absolute atomic E-state index is 15.5. The van der Waals surface area contributed by atoms with E-state index in [0.717, 1.165) is 13.2 Å². The van der Waals surface area contributed by atoms with E-state index in [1.165, 1.54) is 38.6 Å². The number of aromatic nitrogens is 1. The smallest absolute Gasteiger partial charge is 0.340 e. The molecule has 0 aliphatic carbocycles. The highest BCUT2D eigenvalue weighted by Gasteiger charge is 2.25. The largest absolute Gasteiger partial charge is 0.497 e. The minimum Gasteiger partial charge on any atom is -0.497 e. The predicted molar refractivity (Wildman–Crippen MR) is 159 cm³/mol. The SMILES string of the molecule is COC(=O)c1cc(Cc2ccnc(NCc3ccc(OC)cc3OC)c2F)c(F)c(F)c1Nc1cc(C)c(I)cc1F. The molecule has 42 heavy (non-hydrogen) atoms. The summed E-state index contributed by atoms with van der Waals surface area (Å²) in [6, 6.07) is 10.2. The third-order valence-corrected chi connectivity index (χ3v) is 7.65. The molecular weight excluding hydrogens is 669 g/mol. The molecule has 0 spiro atoms. The number of benzene rings is 3. The van der Waals surface area contributed by atoms with Crippen molar-refractivity contribution in [3.8, 4) is 11.5 Å². The number of carbonyl (C=O) groups is 1. The van der Waals surface area contributed by atoms with E-state index >= 15 is 13.2 Å². The summed E-state index contributed by atoms with van der Waals surface area (Å²) in [7, 11) is 4.09. The summed E-state index contributed by atoms with van der Waals surface area (Å²) in [5.41, 5.74) is -0.0966. The molecule has 0 amide bonds. The van der Waals surface area contributed by atoms with Gasteiger partial charge in [-0.05, 0) is 82.6 Å². The first-order valence-corrected chi connectivity index (χ1v) is 13.6. The van der Waals surface area contributed by atoms with Gasteiger partial charge in [0.1, 0.15) is 17.3 Å². The second-order valence-corrected chi connectivity index (χ2v) is 10.3. The Kier molecular flexibility index (Phi) is 9.76. The van der Waals surface area contributed by atoms with E-state index in [1.807, 2.05) is 22.6 Å². The number of ether oxygens (including phenoxy) is 3. The number of carbonyl (C=O) groups excluding carboxylic acids is 1. The number of halogens is 5. The van der Waals surface area contributed by atoms with Gasteiger partial charge >= 0.3 is 5.97 Å². The fourth-order valence-electron chi connectivity index (χ4n) is 4.21. The molecule has 12 heteroatoms. The maximum Gasteiger partial charge on any atom is 0.340 e. The van der Waals surface area contributed by atoms with Crippen LogP contribution in [-0.4, -0.2) is 32.3 Å². The van der Waals surface area contributed by atoms with E-state index in [1.54, 1.807) is 25.1 Å². The second kappa shape index (κ2) is 13.3. The van der Waals surface area contributed by atoms with Crippen LogP contribution in [0.25, 0.3) is 0 Å². The lowest BCUT2D eigenvalue weighted by molar-refractivity contribution is 0.0601. The molecule has 2 N–H and O–H groups in total. The average Bonchev–Trinajstić information content (AvgIpc) is 2.99. The van der Waals surface area contributed by atoms with E-state index in [-0.39, 0.29) is 34.7 Å². The van der Waals surface area contributed by atoms with Gasteiger partial charge < -0.3 is 24.8 Å². The zero-order valence-electron chi connectivity index (χ0n) is 23.0. The zero-order valence-corrected chi connectivity index (χ0v) is 25.2. The summed E-state index contributed by atoms with van der Waals surface area (Å²) in [4.78, 5) is 16.6. The Bertz CT molecular complexity index is 1650. The lowest BCUT2D eigenvalue weighted by atomic mass is 10.00. The molecule has 1 aromatic heterocycles. The zero-order chi connectivity index (χ0) is 30.6. The van der Waals surface area contributed by atoms with Crippen molar-refractivity contribution in [3.05, 3.63) is 103 Å². The van der Waals surface area contributed by atoms with Crippen molar-refractivity contribution >= 4 is 45.8 Å². The fraction of sp³-hybridized carbons (Fsp3) is 0.200. The Balaban J connectivity index is 1.65. The predicted octanol–water partition coefficient (Wildman–Crippen LogP) is 7.30. The normalized spacial score (nSPS) is 10.8. The molecule has 0 fully saturated rings. The van der Waals surface area contributed by atoms with Crippen molar-refractivity contribution in [2.75, 3.05) is 32.0 Å². The molecule has 0 saturated carbocycles. The first kappa shape index (κ1) is 30.9. The average molecular weight is 695 g/mol. The third kappa shape index (κ3) is 6.53. The molecule has 0 unspecified atom stereocenters. The van der Waals surface area contributed by atoms with Crippen molar-refractivity contribution in [2.24, 2.45) is 0 Å². The van der Waals surface area contributed by atoms with E-state index in [0.29, 0.717) is 26.2 Å². The number of nitrogens with one attached hydrogen (secondary N) is 2. The molecule has 220 valence electrons. The number of aryl methyl sites for hydroxylation is 1. The van der Waals surface area contributed by atoms with E-state index in [9.17, 15) is 9.18 Å². The molecule has 0 atom stereocenters. The Hall–Kier alpha value is -4.07. The number of anilines is 3. The molecule has 0 aliphatic rings. The number of pyridine rings is 1. The number of methoxy groups -OCH3 is 3. The topological polar surface area (TPSA) is 81.7 Å². The highest BCUT2D eigenvalue weighted by molar-refractivity contribution is 14.1. The third-order valence-electron chi connectivity index (χ3n) is 6.49. The minimum absolute atomic E-state index is 0.0108. The van der Waals surface area contributed by atoms with Crippen LogP contribution >= 0.6 is 22.6 Å². The molecule has 1 heterocycles. The number of rotatable bonds is 10. The molecule has 4 aromatic rings. The van der Waals surface area contributed by atoms with Crippen LogP contribution in [0.5, 0.6) is 11.5 Å². The summed E-state index contributed by atoms with van der Waals surface area (Å²) in [5.74, 6) is -4.31. The molecule has 0 aliphatic heterocycles. The van der Waals surface area contributed by atoms with Gasteiger partial charge in [-0.2, -0.15) is 0 Å². The Labute approximate surface area is 253 Å². The van der Waals surface area contributed by atoms with Crippen LogP contribution in [0.1, 0.15) is 32.6 Å². The van der Waals surface area contributed by atoms with Crippen LogP contribution in [0.3, 0.4) is 0 Å². The van der Waals surface area contributed by atoms with Crippen LogP contribution in [0, 0.1) is 33.8 Å². The summed E-state index contributed by atoms with van der Waals surface area (Å²) >= 11 is 1.94. The molecule has 0 radical (unpaired) electrons. The standard InChI is InChI=1S/C30H26F4IN3O4/c1-15-9-23(21(31)13-22(15)35)38-28-20(30(39)42-4)11-18(25(32)27(28)34)10-16-7-8-36-29(26(16)33)37-14-17-5-6-19(40-2)12-24(17)41-3/h5-9,11-13,38H,10,14H2,1-4H3,(H,36,37). The Morgan fingerprint density at radius 3 is 2.36 bits per heavy atom. The first-order valence-electron chi connectivity index (χ1n) is 12.5. The van der Waals surface area contributed by atoms with Gasteiger partial charge in [0.05, 0.1) is 38.3 Å². The number of esters is 1. The lowest BCUT2D eigenvalue weighted by Crippen LogP contribution is -2.13. The number of nitrogens with zero attached hydrogens (tertiary/aromatic N) is 1. The molecule has 4 rings (SSSR count). The van der Waals surface area contributed by atoms with Gasteiger partial charge in [-0.15, -0.1) is 0 Å². The van der Waals surface area contributed by atoms with Gasteiger partial charge in [-0.1, -0.05) is 0 Å². The quantitative estimate of drug-likeness (QED) is 0.102. The molecule has 0 saturated heterocycles. The van der Waals surface area contributed by atoms with Crippen molar-refractivity contribution in [1.82, 2.24) is 4.98 Å². The van der Waals surface area contributed by atoms with Crippen LogP contribution in [0.4, 0.5) is 34.8 Å².